The number of methoxy groups -OCH3 is 1. The monoisotopic (exact) mass is 428 g/mol. The van der Waals surface area contributed by atoms with Crippen LogP contribution >= 0.6 is 0 Å². The number of aromatic amines is 1. The summed E-state index contributed by atoms with van der Waals surface area (Å²) in [6, 6.07) is 6.17. The van der Waals surface area contributed by atoms with E-state index < -0.39 is 12.0 Å². The van der Waals surface area contributed by atoms with E-state index in [9.17, 15) is 14.4 Å². The Morgan fingerprint density at radius 2 is 1.81 bits per heavy atom. The van der Waals surface area contributed by atoms with Crippen molar-refractivity contribution in [1.29, 1.82) is 0 Å². The van der Waals surface area contributed by atoms with Gasteiger partial charge in [0.05, 0.1) is 19.8 Å². The molecular formula is C24H32N2O5. The van der Waals surface area contributed by atoms with E-state index in [0.717, 1.165) is 0 Å². The fraction of sp³-hybridized carbons (Fsp3) is 0.458. The molecule has 1 aromatic heterocycles. The Balaban J connectivity index is 2.41. The molecule has 1 aromatic carbocycles. The first kappa shape index (κ1) is 24.2. The van der Waals surface area contributed by atoms with Gasteiger partial charge in [-0.3, -0.25) is 9.59 Å². The summed E-state index contributed by atoms with van der Waals surface area (Å²) in [5.74, 6) is -0.232. The third kappa shape index (κ3) is 5.34. The van der Waals surface area contributed by atoms with Gasteiger partial charge in [-0.1, -0.05) is 19.9 Å². The molecule has 2 aromatic rings. The van der Waals surface area contributed by atoms with E-state index in [1.165, 1.54) is 0 Å². The second-order valence-electron chi connectivity index (χ2n) is 7.97. The van der Waals surface area contributed by atoms with E-state index in [2.05, 4.69) is 4.98 Å². The minimum Gasteiger partial charge on any atom is -0.497 e. The van der Waals surface area contributed by atoms with Crippen LogP contribution in [0.4, 0.5) is 0 Å². The summed E-state index contributed by atoms with van der Waals surface area (Å²) < 4.78 is 10.3. The first-order valence-corrected chi connectivity index (χ1v) is 10.5. The number of Topliss-reactive ketones (excluding diaryl/α,β-unsaturated/α-hetero) is 1. The molecule has 0 saturated carbocycles. The molecule has 168 valence electrons. The van der Waals surface area contributed by atoms with E-state index in [-0.39, 0.29) is 29.9 Å². The smallest absolute Gasteiger partial charge is 0.355 e. The second kappa shape index (κ2) is 10.3. The number of benzene rings is 1. The molecule has 1 heterocycles. The van der Waals surface area contributed by atoms with Crippen molar-refractivity contribution in [2.45, 2.75) is 47.6 Å². The van der Waals surface area contributed by atoms with Crippen molar-refractivity contribution in [2.24, 2.45) is 5.92 Å². The number of carbonyl (C=O) groups excluding carboxylic acids is 3. The molecular weight excluding hydrogens is 396 g/mol. The summed E-state index contributed by atoms with van der Waals surface area (Å²) in [5, 5.41) is 0. The van der Waals surface area contributed by atoms with Gasteiger partial charge >= 0.3 is 5.97 Å². The van der Waals surface area contributed by atoms with Crippen molar-refractivity contribution < 1.29 is 23.9 Å². The molecule has 0 radical (unpaired) electrons. The van der Waals surface area contributed by atoms with Crippen LogP contribution in [0.15, 0.2) is 24.3 Å². The fourth-order valence-corrected chi connectivity index (χ4v) is 3.61. The van der Waals surface area contributed by atoms with E-state index in [0.29, 0.717) is 34.7 Å². The summed E-state index contributed by atoms with van der Waals surface area (Å²) >= 11 is 0. The Labute approximate surface area is 183 Å². The van der Waals surface area contributed by atoms with Crippen molar-refractivity contribution in [1.82, 2.24) is 9.88 Å². The van der Waals surface area contributed by atoms with Gasteiger partial charge in [-0.25, -0.2) is 4.79 Å². The molecule has 0 spiro atoms. The van der Waals surface area contributed by atoms with E-state index in [4.69, 9.17) is 9.47 Å². The Morgan fingerprint density at radius 3 is 2.39 bits per heavy atom. The van der Waals surface area contributed by atoms with Gasteiger partial charge < -0.3 is 19.4 Å². The summed E-state index contributed by atoms with van der Waals surface area (Å²) in [7, 11) is 1.54. The first-order valence-electron chi connectivity index (χ1n) is 10.5. The van der Waals surface area contributed by atoms with Crippen LogP contribution < -0.4 is 4.74 Å². The van der Waals surface area contributed by atoms with Crippen molar-refractivity contribution in [2.75, 3.05) is 20.3 Å². The number of hydrogen-bond acceptors (Lipinski definition) is 5. The topological polar surface area (TPSA) is 88.7 Å². The van der Waals surface area contributed by atoms with Crippen molar-refractivity contribution in [3.05, 3.63) is 52.3 Å². The van der Waals surface area contributed by atoms with E-state index >= 15 is 0 Å². The quantitative estimate of drug-likeness (QED) is 0.478. The highest BCUT2D eigenvalue weighted by Crippen LogP contribution is 2.24. The van der Waals surface area contributed by atoms with Crippen molar-refractivity contribution in [3.63, 3.8) is 0 Å². The molecule has 1 amide bonds. The van der Waals surface area contributed by atoms with Crippen LogP contribution in [0.5, 0.6) is 5.75 Å². The molecule has 31 heavy (non-hydrogen) atoms. The standard InChI is InChI=1S/C24H32N2O5/c1-8-31-24(29)21-15(4)20(16(5)25-21)22(27)17(6)26(13-14(2)3)23(28)18-10-9-11-19(12-18)30-7/h9-12,14,17,25H,8,13H2,1-7H3/t17-/m0/s1. The summed E-state index contributed by atoms with van der Waals surface area (Å²) in [6.07, 6.45) is 0. The lowest BCUT2D eigenvalue weighted by Gasteiger charge is -2.30. The number of esters is 1. The molecule has 0 unspecified atom stereocenters. The van der Waals surface area contributed by atoms with Gasteiger partial charge in [-0.2, -0.15) is 0 Å². The van der Waals surface area contributed by atoms with Gasteiger partial charge in [0, 0.05) is 23.4 Å². The maximum absolute atomic E-state index is 13.5. The van der Waals surface area contributed by atoms with Crippen LogP contribution in [0.25, 0.3) is 0 Å². The van der Waals surface area contributed by atoms with Crippen LogP contribution in [0.3, 0.4) is 0 Å². The number of ether oxygens (including phenoxy) is 2. The maximum Gasteiger partial charge on any atom is 0.355 e. The summed E-state index contributed by atoms with van der Waals surface area (Å²) in [6.45, 7) is 11.6. The van der Waals surface area contributed by atoms with Gasteiger partial charge in [0.25, 0.3) is 5.91 Å². The number of H-pyrrole nitrogens is 1. The number of rotatable bonds is 9. The number of aromatic nitrogens is 1. The predicted octanol–water partition coefficient (Wildman–Crippen LogP) is 4.19. The molecule has 0 aliphatic carbocycles. The average Bonchev–Trinajstić information content (AvgIpc) is 3.04. The molecule has 7 nitrogen and oxygen atoms in total. The molecule has 2 rings (SSSR count). The zero-order valence-corrected chi connectivity index (χ0v) is 19.4. The lowest BCUT2D eigenvalue weighted by Crippen LogP contribution is -2.45. The van der Waals surface area contributed by atoms with Crippen molar-refractivity contribution in [3.8, 4) is 5.75 Å². The highest BCUT2D eigenvalue weighted by Gasteiger charge is 2.32. The Hall–Kier alpha value is -3.09. The number of nitrogens with zero attached hydrogens (tertiary/aromatic N) is 1. The minimum absolute atomic E-state index is 0.160. The highest BCUT2D eigenvalue weighted by molar-refractivity contribution is 6.07. The van der Waals surface area contributed by atoms with Gasteiger partial charge in [0.15, 0.2) is 5.78 Å². The number of aryl methyl sites for hydroxylation is 1. The summed E-state index contributed by atoms with van der Waals surface area (Å²) in [4.78, 5) is 43.6. The molecule has 0 fully saturated rings. The molecule has 0 bridgehead atoms. The molecule has 0 aliphatic rings. The first-order chi connectivity index (χ1) is 14.6. The third-order valence-electron chi connectivity index (χ3n) is 5.15. The van der Waals surface area contributed by atoms with E-state index in [1.54, 1.807) is 64.0 Å². The molecule has 0 aliphatic heterocycles. The normalized spacial score (nSPS) is 11.9. The fourth-order valence-electron chi connectivity index (χ4n) is 3.61. The molecule has 7 heteroatoms. The SMILES string of the molecule is CCOC(=O)c1[nH]c(C)c(C(=O)[C@H](C)N(CC(C)C)C(=O)c2cccc(OC)c2)c1C. The largest absolute Gasteiger partial charge is 0.497 e. The lowest BCUT2D eigenvalue weighted by atomic mass is 9.98. The van der Waals surface area contributed by atoms with Crippen LogP contribution in [0.2, 0.25) is 0 Å². The average molecular weight is 429 g/mol. The number of amides is 1. The Bertz CT molecular complexity index is 961. The molecule has 1 atom stereocenters. The lowest BCUT2D eigenvalue weighted by molar-refractivity contribution is 0.0518. The van der Waals surface area contributed by atoms with Crippen LogP contribution in [0.1, 0.15) is 70.2 Å². The summed E-state index contributed by atoms with van der Waals surface area (Å²) in [5.41, 5.74) is 2.25. The highest BCUT2D eigenvalue weighted by atomic mass is 16.5. The minimum atomic E-state index is -0.718. The van der Waals surface area contributed by atoms with Crippen molar-refractivity contribution >= 4 is 17.7 Å². The Morgan fingerprint density at radius 1 is 1.13 bits per heavy atom. The number of ketones is 1. The van der Waals surface area contributed by atoms with Gasteiger partial charge in [-0.15, -0.1) is 0 Å². The Kier molecular flexibility index (Phi) is 8.02. The second-order valence-corrected chi connectivity index (χ2v) is 7.97. The van der Waals surface area contributed by atoms with Crippen LogP contribution in [-0.2, 0) is 4.74 Å². The number of carbonyl (C=O) groups is 3. The molecule has 1 N–H and O–H groups in total. The van der Waals surface area contributed by atoms with Crippen LogP contribution in [0, 0.1) is 19.8 Å². The number of nitrogens with one attached hydrogen (secondary N) is 1. The van der Waals surface area contributed by atoms with Gasteiger partial charge in [0.1, 0.15) is 11.4 Å². The zero-order chi connectivity index (χ0) is 23.3. The zero-order valence-electron chi connectivity index (χ0n) is 19.4. The maximum atomic E-state index is 13.5. The van der Waals surface area contributed by atoms with Gasteiger partial charge in [0.2, 0.25) is 0 Å². The third-order valence-corrected chi connectivity index (χ3v) is 5.15. The number of hydrogen-bond donors (Lipinski definition) is 1. The van der Waals surface area contributed by atoms with Gasteiger partial charge in [-0.05, 0) is 57.4 Å². The van der Waals surface area contributed by atoms with E-state index in [1.807, 2.05) is 13.8 Å². The molecule has 0 saturated heterocycles. The van der Waals surface area contributed by atoms with Crippen LogP contribution in [-0.4, -0.2) is 53.8 Å². The predicted molar refractivity (Wildman–Crippen MR) is 119 cm³/mol.